The van der Waals surface area contributed by atoms with Crippen molar-refractivity contribution in [3.63, 3.8) is 0 Å². The predicted molar refractivity (Wildman–Crippen MR) is 95.0 cm³/mol. The molecule has 0 saturated heterocycles. The smallest absolute Gasteiger partial charge is 0.322 e. The molecule has 3 rings (SSSR count). The summed E-state index contributed by atoms with van der Waals surface area (Å²) in [5.41, 5.74) is 3.03. The zero-order chi connectivity index (χ0) is 16.9. The second kappa shape index (κ2) is 7.31. The summed E-state index contributed by atoms with van der Waals surface area (Å²) < 4.78 is 5.56. The first-order valence-corrected chi connectivity index (χ1v) is 8.49. The van der Waals surface area contributed by atoms with Crippen LogP contribution in [0.5, 0.6) is 0 Å². The van der Waals surface area contributed by atoms with Gasteiger partial charge in [0.1, 0.15) is 0 Å². The number of nitrogens with one attached hydrogen (secondary N) is 1. The fraction of sp³-hybridized carbons (Fsp3) is 0.167. The maximum absolute atomic E-state index is 12.0. The van der Waals surface area contributed by atoms with Crippen molar-refractivity contribution in [2.75, 3.05) is 11.1 Å². The number of benzene rings is 2. The van der Waals surface area contributed by atoms with Crippen molar-refractivity contribution in [1.82, 2.24) is 10.2 Å². The van der Waals surface area contributed by atoms with Gasteiger partial charge in [-0.15, -0.1) is 16.9 Å². The highest BCUT2D eigenvalue weighted by Gasteiger charge is 2.13. The molecular formula is C18H17N3O2S. The molecule has 0 fully saturated rings. The molecule has 0 spiro atoms. The third kappa shape index (κ3) is 4.02. The molecule has 1 N–H and O–H groups in total. The minimum Gasteiger partial charge on any atom is -0.403 e. The molecule has 0 radical (unpaired) electrons. The summed E-state index contributed by atoms with van der Waals surface area (Å²) in [4.78, 5) is 13.0. The Balaban J connectivity index is 1.63. The van der Waals surface area contributed by atoms with E-state index in [1.54, 1.807) is 0 Å². The Bertz CT molecular complexity index is 846. The zero-order valence-electron chi connectivity index (χ0n) is 13.4. The lowest BCUT2D eigenvalue weighted by molar-refractivity contribution is -0.113. The predicted octanol–water partition coefficient (Wildman–Crippen LogP) is 4.08. The van der Waals surface area contributed by atoms with Crippen LogP contribution in [0, 0.1) is 13.8 Å². The van der Waals surface area contributed by atoms with Crippen LogP contribution in [-0.2, 0) is 4.79 Å². The number of aryl methyl sites for hydroxylation is 2. The van der Waals surface area contributed by atoms with Crippen molar-refractivity contribution < 1.29 is 9.21 Å². The Morgan fingerprint density at radius 1 is 1.12 bits per heavy atom. The van der Waals surface area contributed by atoms with E-state index in [1.807, 2.05) is 62.4 Å². The Morgan fingerprint density at radius 3 is 2.71 bits per heavy atom. The summed E-state index contributed by atoms with van der Waals surface area (Å²) in [5.74, 6) is 0.507. The number of rotatable bonds is 5. The van der Waals surface area contributed by atoms with Crippen molar-refractivity contribution in [1.29, 1.82) is 0 Å². The lowest BCUT2D eigenvalue weighted by atomic mass is 10.1. The van der Waals surface area contributed by atoms with Gasteiger partial charge in [0, 0.05) is 10.5 Å². The average Bonchev–Trinajstić information content (AvgIpc) is 3.04. The van der Waals surface area contributed by atoms with Gasteiger partial charge in [-0.25, -0.2) is 0 Å². The van der Waals surface area contributed by atoms with Crippen LogP contribution in [0.15, 0.2) is 57.8 Å². The molecule has 122 valence electrons. The van der Waals surface area contributed by atoms with Gasteiger partial charge in [-0.1, -0.05) is 41.0 Å². The fourth-order valence-corrected chi connectivity index (χ4v) is 2.89. The van der Waals surface area contributed by atoms with Crippen LogP contribution in [0.1, 0.15) is 11.1 Å². The monoisotopic (exact) mass is 339 g/mol. The van der Waals surface area contributed by atoms with E-state index >= 15 is 0 Å². The Hall–Kier alpha value is -2.60. The molecule has 0 aliphatic carbocycles. The Kier molecular flexibility index (Phi) is 4.96. The molecule has 0 unspecified atom stereocenters. The van der Waals surface area contributed by atoms with Crippen LogP contribution in [-0.4, -0.2) is 21.9 Å². The van der Waals surface area contributed by atoms with Gasteiger partial charge in [-0.05, 0) is 37.6 Å². The summed E-state index contributed by atoms with van der Waals surface area (Å²) in [5, 5.41) is 10.6. The average molecular weight is 339 g/mol. The first-order valence-electron chi connectivity index (χ1n) is 7.50. The van der Waals surface area contributed by atoms with Gasteiger partial charge in [0.2, 0.25) is 11.8 Å². The van der Waals surface area contributed by atoms with Gasteiger partial charge in [-0.3, -0.25) is 10.1 Å². The van der Waals surface area contributed by atoms with Gasteiger partial charge < -0.3 is 4.42 Å². The molecule has 24 heavy (non-hydrogen) atoms. The Labute approximate surface area is 144 Å². The molecule has 5 nitrogen and oxygen atoms in total. The molecule has 0 atom stereocenters. The Morgan fingerprint density at radius 2 is 1.92 bits per heavy atom. The van der Waals surface area contributed by atoms with Crippen LogP contribution in [0.3, 0.4) is 0 Å². The molecule has 3 aromatic rings. The number of carbonyl (C=O) groups is 1. The van der Waals surface area contributed by atoms with Gasteiger partial charge in [0.25, 0.3) is 0 Å². The number of hydrogen-bond acceptors (Lipinski definition) is 5. The number of carbonyl (C=O) groups excluding carboxylic acids is 1. The number of aromatic nitrogens is 2. The van der Waals surface area contributed by atoms with E-state index in [2.05, 4.69) is 15.5 Å². The van der Waals surface area contributed by atoms with Crippen LogP contribution in [0.2, 0.25) is 0 Å². The maximum atomic E-state index is 12.0. The number of thioether (sulfide) groups is 1. The van der Waals surface area contributed by atoms with Gasteiger partial charge >= 0.3 is 6.01 Å². The van der Waals surface area contributed by atoms with E-state index in [-0.39, 0.29) is 17.7 Å². The highest BCUT2D eigenvalue weighted by molar-refractivity contribution is 8.00. The molecule has 6 heteroatoms. The third-order valence-electron chi connectivity index (χ3n) is 3.41. The zero-order valence-corrected chi connectivity index (χ0v) is 14.3. The van der Waals surface area contributed by atoms with Crippen molar-refractivity contribution in [2.45, 2.75) is 18.7 Å². The number of amides is 1. The SMILES string of the molecule is Cc1ccc(C)c(-c2nnc(NC(=O)CSc3ccccc3)o2)c1. The number of anilines is 1. The molecule has 1 aromatic heterocycles. The number of nitrogens with zero attached hydrogens (tertiary/aromatic N) is 2. The minimum atomic E-state index is -0.181. The summed E-state index contributed by atoms with van der Waals surface area (Å²) in [6.07, 6.45) is 0. The van der Waals surface area contributed by atoms with Crippen LogP contribution in [0.4, 0.5) is 6.01 Å². The molecule has 1 amide bonds. The molecular weight excluding hydrogens is 322 g/mol. The van der Waals surface area contributed by atoms with Crippen LogP contribution >= 0.6 is 11.8 Å². The summed E-state index contributed by atoms with van der Waals surface area (Å²) >= 11 is 1.45. The second-order valence-corrected chi connectivity index (χ2v) is 6.43. The van der Waals surface area contributed by atoms with Crippen molar-refractivity contribution in [3.8, 4) is 11.5 Å². The number of hydrogen-bond donors (Lipinski definition) is 1. The van der Waals surface area contributed by atoms with Gasteiger partial charge in [-0.2, -0.15) is 0 Å². The van der Waals surface area contributed by atoms with Crippen LogP contribution in [0.25, 0.3) is 11.5 Å². The third-order valence-corrected chi connectivity index (χ3v) is 4.42. The van der Waals surface area contributed by atoms with E-state index in [1.165, 1.54) is 11.8 Å². The fourth-order valence-electron chi connectivity index (χ4n) is 2.17. The lowest BCUT2D eigenvalue weighted by Crippen LogP contribution is -2.14. The molecule has 1 heterocycles. The molecule has 0 aliphatic rings. The topological polar surface area (TPSA) is 68.0 Å². The standard InChI is InChI=1S/C18H17N3O2S/c1-12-8-9-13(2)15(10-12)17-20-21-18(23-17)19-16(22)11-24-14-6-4-3-5-7-14/h3-10H,11H2,1-2H3,(H,19,21,22). The van der Waals surface area contributed by atoms with Gasteiger partial charge in [0.05, 0.1) is 5.75 Å². The summed E-state index contributed by atoms with van der Waals surface area (Å²) in [6.45, 7) is 3.98. The highest BCUT2D eigenvalue weighted by atomic mass is 32.2. The molecule has 0 bridgehead atoms. The maximum Gasteiger partial charge on any atom is 0.322 e. The van der Waals surface area contributed by atoms with Crippen molar-refractivity contribution in [2.24, 2.45) is 0 Å². The lowest BCUT2D eigenvalue weighted by Gasteiger charge is -2.02. The summed E-state index contributed by atoms with van der Waals surface area (Å²) in [7, 11) is 0. The first-order chi connectivity index (χ1) is 11.6. The minimum absolute atomic E-state index is 0.115. The van der Waals surface area contributed by atoms with E-state index < -0.39 is 0 Å². The molecule has 2 aromatic carbocycles. The van der Waals surface area contributed by atoms with Crippen LogP contribution < -0.4 is 5.32 Å². The van der Waals surface area contributed by atoms with Crippen molar-refractivity contribution in [3.05, 3.63) is 59.7 Å². The second-order valence-electron chi connectivity index (χ2n) is 5.38. The van der Waals surface area contributed by atoms with E-state index in [0.29, 0.717) is 5.89 Å². The molecule has 0 saturated carbocycles. The largest absolute Gasteiger partial charge is 0.403 e. The summed E-state index contributed by atoms with van der Waals surface area (Å²) in [6, 6.07) is 15.9. The quantitative estimate of drug-likeness (QED) is 0.709. The van der Waals surface area contributed by atoms with Gasteiger partial charge in [0.15, 0.2) is 0 Å². The van der Waals surface area contributed by atoms with E-state index in [9.17, 15) is 4.79 Å². The van der Waals surface area contributed by atoms with E-state index in [4.69, 9.17) is 4.42 Å². The first kappa shape index (κ1) is 16.3. The van der Waals surface area contributed by atoms with Crippen molar-refractivity contribution >= 4 is 23.7 Å². The normalized spacial score (nSPS) is 10.6. The highest BCUT2D eigenvalue weighted by Crippen LogP contribution is 2.25. The molecule has 0 aliphatic heterocycles. The van der Waals surface area contributed by atoms with E-state index in [0.717, 1.165) is 21.6 Å².